The van der Waals surface area contributed by atoms with Crippen LogP contribution in [0.25, 0.3) is 10.9 Å². The van der Waals surface area contributed by atoms with Gasteiger partial charge >= 0.3 is 0 Å². The van der Waals surface area contributed by atoms with Gasteiger partial charge in [-0.1, -0.05) is 23.2 Å². The maximum absolute atomic E-state index is 12.8. The van der Waals surface area contributed by atoms with Gasteiger partial charge in [-0.2, -0.15) is 0 Å². The van der Waals surface area contributed by atoms with Gasteiger partial charge < -0.3 is 9.84 Å². The van der Waals surface area contributed by atoms with E-state index in [-0.39, 0.29) is 34.9 Å². The Kier molecular flexibility index (Phi) is 5.22. The average Bonchev–Trinajstić information content (AvgIpc) is 2.57. The molecule has 1 aromatic heterocycles. The van der Waals surface area contributed by atoms with Gasteiger partial charge in [0.2, 0.25) is 0 Å². The fourth-order valence-corrected chi connectivity index (χ4v) is 2.87. The van der Waals surface area contributed by atoms with Crippen LogP contribution in [-0.4, -0.2) is 27.4 Å². The van der Waals surface area contributed by atoms with Crippen molar-refractivity contribution in [2.45, 2.75) is 12.6 Å². The predicted octanol–water partition coefficient (Wildman–Crippen LogP) is 3.28. The first-order valence-corrected chi connectivity index (χ1v) is 8.10. The predicted molar refractivity (Wildman–Crippen MR) is 93.9 cm³/mol. The summed E-state index contributed by atoms with van der Waals surface area (Å²) in [5.41, 5.74) is -0.0143. The summed E-state index contributed by atoms with van der Waals surface area (Å²) in [6.45, 7) is -0.0838. The van der Waals surface area contributed by atoms with Crippen LogP contribution in [0.15, 0.2) is 47.5 Å². The Bertz CT molecular complexity index is 961. The Hall–Kier alpha value is -2.15. The van der Waals surface area contributed by atoms with E-state index < -0.39 is 6.10 Å². The minimum atomic E-state index is -0.961. The molecule has 0 fully saturated rings. The highest BCUT2D eigenvalue weighted by molar-refractivity contribution is 6.38. The zero-order chi connectivity index (χ0) is 18.0. The molecule has 0 aliphatic carbocycles. The van der Waals surface area contributed by atoms with Crippen molar-refractivity contribution in [2.24, 2.45) is 0 Å². The van der Waals surface area contributed by atoms with Crippen molar-refractivity contribution in [2.75, 3.05) is 6.61 Å². The summed E-state index contributed by atoms with van der Waals surface area (Å²) in [7, 11) is 0. The SMILES string of the molecule is O=c1c2cc(Cl)cc(Cl)c2ncn1C[C@@H](O)COc1ccc(F)cc1. The molecule has 2 aromatic carbocycles. The van der Waals surface area contributed by atoms with E-state index in [0.717, 1.165) is 0 Å². The van der Waals surface area contributed by atoms with Gasteiger partial charge in [-0.05, 0) is 36.4 Å². The topological polar surface area (TPSA) is 64.4 Å². The number of hydrogen-bond acceptors (Lipinski definition) is 4. The molecule has 0 saturated heterocycles. The Morgan fingerprint density at radius 2 is 1.96 bits per heavy atom. The van der Waals surface area contributed by atoms with Crippen LogP contribution < -0.4 is 10.3 Å². The van der Waals surface area contributed by atoms with E-state index in [9.17, 15) is 14.3 Å². The average molecular weight is 383 g/mol. The Morgan fingerprint density at radius 3 is 2.68 bits per heavy atom. The van der Waals surface area contributed by atoms with E-state index >= 15 is 0 Å². The molecule has 130 valence electrons. The van der Waals surface area contributed by atoms with Crippen LogP contribution in [0, 0.1) is 5.82 Å². The van der Waals surface area contributed by atoms with Crippen LogP contribution in [0.5, 0.6) is 5.75 Å². The van der Waals surface area contributed by atoms with Crippen molar-refractivity contribution in [1.82, 2.24) is 9.55 Å². The third kappa shape index (κ3) is 4.10. The molecule has 0 aliphatic heterocycles. The molecule has 1 heterocycles. The lowest BCUT2D eigenvalue weighted by atomic mass is 10.2. The van der Waals surface area contributed by atoms with Crippen molar-refractivity contribution in [3.63, 3.8) is 0 Å². The largest absolute Gasteiger partial charge is 0.491 e. The van der Waals surface area contributed by atoms with Crippen LogP contribution in [0.4, 0.5) is 4.39 Å². The highest BCUT2D eigenvalue weighted by Gasteiger charge is 2.12. The van der Waals surface area contributed by atoms with Gasteiger partial charge in [0.1, 0.15) is 24.3 Å². The molecule has 8 heteroatoms. The zero-order valence-corrected chi connectivity index (χ0v) is 14.3. The maximum atomic E-state index is 12.8. The molecule has 0 amide bonds. The van der Waals surface area contributed by atoms with Gasteiger partial charge in [-0.15, -0.1) is 0 Å². The zero-order valence-electron chi connectivity index (χ0n) is 12.8. The van der Waals surface area contributed by atoms with Crippen LogP contribution in [0.1, 0.15) is 0 Å². The van der Waals surface area contributed by atoms with Crippen LogP contribution in [-0.2, 0) is 6.54 Å². The third-order valence-corrected chi connectivity index (χ3v) is 4.02. The molecule has 0 radical (unpaired) electrons. The normalized spacial score (nSPS) is 12.3. The summed E-state index contributed by atoms with van der Waals surface area (Å²) in [6, 6.07) is 8.41. The number of benzene rings is 2. The molecule has 0 unspecified atom stereocenters. The highest BCUT2D eigenvalue weighted by atomic mass is 35.5. The van der Waals surface area contributed by atoms with Gasteiger partial charge in [-0.3, -0.25) is 9.36 Å². The molecule has 1 N–H and O–H groups in total. The smallest absolute Gasteiger partial charge is 0.261 e. The summed E-state index contributed by atoms with van der Waals surface area (Å²) >= 11 is 12.0. The number of nitrogens with zero attached hydrogens (tertiary/aromatic N) is 2. The molecule has 0 aliphatic rings. The summed E-state index contributed by atoms with van der Waals surface area (Å²) in [5, 5.41) is 11.0. The first-order valence-electron chi connectivity index (χ1n) is 7.34. The molecule has 25 heavy (non-hydrogen) atoms. The lowest BCUT2D eigenvalue weighted by Gasteiger charge is -2.14. The van der Waals surface area contributed by atoms with Crippen molar-refractivity contribution in [1.29, 1.82) is 0 Å². The molecule has 1 atom stereocenters. The fourth-order valence-electron chi connectivity index (χ4n) is 2.33. The van der Waals surface area contributed by atoms with E-state index in [1.54, 1.807) is 0 Å². The summed E-state index contributed by atoms with van der Waals surface area (Å²) in [4.78, 5) is 16.6. The van der Waals surface area contributed by atoms with Crippen molar-refractivity contribution in [3.8, 4) is 5.75 Å². The number of halogens is 3. The third-order valence-electron chi connectivity index (χ3n) is 3.51. The summed E-state index contributed by atoms with van der Waals surface area (Å²) in [6.07, 6.45) is 0.350. The molecular formula is C17H13Cl2FN2O3. The number of ether oxygens (including phenoxy) is 1. The molecule has 0 bridgehead atoms. The fraction of sp³-hybridized carbons (Fsp3) is 0.176. The van der Waals surface area contributed by atoms with Crippen molar-refractivity contribution < 1.29 is 14.2 Å². The van der Waals surface area contributed by atoms with Crippen LogP contribution in [0.2, 0.25) is 10.0 Å². The lowest BCUT2D eigenvalue weighted by Crippen LogP contribution is -2.30. The minimum absolute atomic E-state index is 0.0207. The molecule has 3 rings (SSSR count). The molecule has 3 aromatic rings. The van der Waals surface area contributed by atoms with Crippen LogP contribution >= 0.6 is 23.2 Å². The number of rotatable bonds is 5. The van der Waals surface area contributed by atoms with Crippen molar-refractivity contribution in [3.05, 3.63) is 68.9 Å². The Labute approximate surface area is 152 Å². The van der Waals surface area contributed by atoms with Crippen LogP contribution in [0.3, 0.4) is 0 Å². The molecule has 5 nitrogen and oxygen atoms in total. The Morgan fingerprint density at radius 1 is 1.24 bits per heavy atom. The first-order chi connectivity index (χ1) is 11.9. The number of aromatic nitrogens is 2. The lowest BCUT2D eigenvalue weighted by molar-refractivity contribution is 0.0914. The quantitative estimate of drug-likeness (QED) is 0.735. The van der Waals surface area contributed by atoms with Gasteiger partial charge in [0, 0.05) is 5.02 Å². The van der Waals surface area contributed by atoms with Gasteiger partial charge in [0.15, 0.2) is 0 Å². The van der Waals surface area contributed by atoms with E-state index in [4.69, 9.17) is 27.9 Å². The summed E-state index contributed by atoms with van der Waals surface area (Å²) in [5.74, 6) is 0.0435. The van der Waals surface area contributed by atoms with E-state index in [2.05, 4.69) is 4.98 Å². The number of fused-ring (bicyclic) bond motifs is 1. The Balaban J connectivity index is 1.74. The first kappa shape index (κ1) is 17.7. The van der Waals surface area contributed by atoms with Gasteiger partial charge in [0.25, 0.3) is 5.56 Å². The van der Waals surface area contributed by atoms with E-state index in [1.165, 1.54) is 47.3 Å². The number of aliphatic hydroxyl groups is 1. The van der Waals surface area contributed by atoms with Gasteiger partial charge in [0.05, 0.1) is 28.8 Å². The maximum Gasteiger partial charge on any atom is 0.261 e. The molecule has 0 spiro atoms. The number of aliphatic hydroxyl groups excluding tert-OH is 1. The van der Waals surface area contributed by atoms with E-state index in [1.807, 2.05) is 0 Å². The second-order valence-electron chi connectivity index (χ2n) is 5.40. The highest BCUT2D eigenvalue weighted by Crippen LogP contribution is 2.24. The summed E-state index contributed by atoms with van der Waals surface area (Å²) < 4.78 is 19.5. The monoisotopic (exact) mass is 382 g/mol. The van der Waals surface area contributed by atoms with Crippen molar-refractivity contribution >= 4 is 34.1 Å². The van der Waals surface area contributed by atoms with E-state index in [0.29, 0.717) is 16.3 Å². The standard InChI is InChI=1S/C17H13Cl2FN2O3/c18-10-5-14-16(15(19)6-10)21-9-22(17(14)24)7-12(23)8-25-13-3-1-11(20)2-4-13/h1-6,9,12,23H,7-8H2/t12-/m1/s1. The van der Waals surface area contributed by atoms with Gasteiger partial charge in [-0.25, -0.2) is 9.37 Å². The second kappa shape index (κ2) is 7.39. The molecule has 0 saturated carbocycles. The number of hydrogen-bond donors (Lipinski definition) is 1. The molecular weight excluding hydrogens is 370 g/mol. The minimum Gasteiger partial charge on any atom is -0.491 e. The second-order valence-corrected chi connectivity index (χ2v) is 6.25.